The van der Waals surface area contributed by atoms with E-state index in [4.69, 9.17) is 31.2 Å². The molecule has 2 saturated heterocycles. The molecule has 2 atom stereocenters. The van der Waals surface area contributed by atoms with Crippen molar-refractivity contribution < 1.29 is 9.53 Å². The molecule has 4 N–H and O–H groups in total. The molecule has 1 spiro atoms. The third-order valence-electron chi connectivity index (χ3n) is 7.97. The lowest BCUT2D eigenvalue weighted by Crippen LogP contribution is -2.50. The van der Waals surface area contributed by atoms with E-state index in [2.05, 4.69) is 21.7 Å². The Hall–Kier alpha value is -3.11. The highest BCUT2D eigenvalue weighted by Gasteiger charge is 2.47. The number of nitrogens with zero attached hydrogens (tertiary/aromatic N) is 6. The molecule has 0 radical (unpaired) electrons. The molecule has 2 aromatic rings. The molecule has 0 aromatic carbocycles. The van der Waals surface area contributed by atoms with Gasteiger partial charge in [-0.25, -0.2) is 9.97 Å². The fraction of sp³-hybridized carbons (Fsp3) is 0.542. The van der Waals surface area contributed by atoms with Crippen molar-refractivity contribution >= 4 is 23.2 Å². The molecule has 0 aliphatic carbocycles. The van der Waals surface area contributed by atoms with Crippen molar-refractivity contribution in [2.75, 3.05) is 36.0 Å². The number of hydrogen-bond donors (Lipinski definition) is 2. The highest BCUT2D eigenvalue weighted by molar-refractivity contribution is 6.11. The maximum absolute atomic E-state index is 11.9. The Balaban J connectivity index is 1.22. The number of carbonyl (C=O) groups excluding carboxylic acids is 1. The van der Waals surface area contributed by atoms with E-state index in [0.29, 0.717) is 12.2 Å². The van der Waals surface area contributed by atoms with Crippen molar-refractivity contribution in [1.82, 2.24) is 15.0 Å². The van der Waals surface area contributed by atoms with Gasteiger partial charge in [0.1, 0.15) is 17.2 Å². The van der Waals surface area contributed by atoms with Crippen molar-refractivity contribution in [2.24, 2.45) is 21.9 Å². The molecular formula is C24H30N8O2. The number of anilines is 2. The first-order valence-corrected chi connectivity index (χ1v) is 12.0. The highest BCUT2D eigenvalue weighted by atomic mass is 16.5. The van der Waals surface area contributed by atoms with Crippen LogP contribution in [0.2, 0.25) is 0 Å². The molecule has 4 aliphatic rings. The third kappa shape index (κ3) is 3.27. The van der Waals surface area contributed by atoms with Crippen LogP contribution in [0.5, 0.6) is 0 Å². The lowest BCUT2D eigenvalue weighted by atomic mass is 9.73. The number of amidine groups is 1. The third-order valence-corrected chi connectivity index (χ3v) is 7.97. The van der Waals surface area contributed by atoms with E-state index < -0.39 is 5.91 Å². The molecule has 178 valence electrons. The number of carbonyl (C=O) groups is 1. The van der Waals surface area contributed by atoms with Crippen molar-refractivity contribution in [3.63, 3.8) is 0 Å². The average molecular weight is 463 g/mol. The summed E-state index contributed by atoms with van der Waals surface area (Å²) in [5.41, 5.74) is 16.0. The van der Waals surface area contributed by atoms with Crippen molar-refractivity contribution in [1.29, 1.82) is 0 Å². The number of aliphatic imine (C=N–C) groups is 1. The molecule has 10 nitrogen and oxygen atoms in total. The normalized spacial score (nSPS) is 25.3. The standard InChI is InChI=1S/C24H30N8O2/c1-14-21(25)24(13-34-14)5-9-31(10-6-24)18-12-28-20-16(30-18)11-29-23(20)32-8-2-3-15-17(32)4-7-27-19(15)22(26)33/h4,7,12,14,21H,2-3,5-6,8-11,13,25H2,1H3,(H2,26,33)/t14-,21+/m0/s1. The molecule has 0 bridgehead atoms. The van der Waals surface area contributed by atoms with Gasteiger partial charge in [-0.2, -0.15) is 0 Å². The SMILES string of the molecule is C[C@@H]1OCC2(CCN(c3cnc4c(n3)CN=C4N3CCCc4c3ccnc4C(N)=O)CC2)[C@@H]1N. The first-order valence-electron chi connectivity index (χ1n) is 12.0. The quantitative estimate of drug-likeness (QED) is 0.675. The van der Waals surface area contributed by atoms with Crippen LogP contribution < -0.4 is 21.3 Å². The summed E-state index contributed by atoms with van der Waals surface area (Å²) in [6.07, 6.45) is 7.27. The minimum Gasteiger partial charge on any atom is -0.376 e. The Bertz CT molecular complexity index is 1170. The summed E-state index contributed by atoms with van der Waals surface area (Å²) >= 11 is 0. The van der Waals surface area contributed by atoms with Crippen LogP contribution in [0.1, 0.15) is 53.6 Å². The highest BCUT2D eigenvalue weighted by Crippen LogP contribution is 2.42. The topological polar surface area (TPSA) is 136 Å². The molecule has 34 heavy (non-hydrogen) atoms. The number of amides is 1. The predicted octanol–water partition coefficient (Wildman–Crippen LogP) is 1.02. The second-order valence-corrected chi connectivity index (χ2v) is 9.83. The number of aromatic nitrogens is 3. The van der Waals surface area contributed by atoms with Crippen LogP contribution >= 0.6 is 0 Å². The zero-order valence-corrected chi connectivity index (χ0v) is 19.4. The Kier molecular flexibility index (Phi) is 5.03. The maximum Gasteiger partial charge on any atom is 0.267 e. The van der Waals surface area contributed by atoms with Crippen LogP contribution in [-0.4, -0.2) is 65.1 Å². The molecule has 0 saturated carbocycles. The smallest absolute Gasteiger partial charge is 0.267 e. The van der Waals surface area contributed by atoms with Crippen LogP contribution in [-0.2, 0) is 17.7 Å². The zero-order chi connectivity index (χ0) is 23.4. The minimum atomic E-state index is -0.500. The minimum absolute atomic E-state index is 0.0800. The van der Waals surface area contributed by atoms with E-state index >= 15 is 0 Å². The summed E-state index contributed by atoms with van der Waals surface area (Å²) < 4.78 is 5.85. The summed E-state index contributed by atoms with van der Waals surface area (Å²) in [5, 5.41) is 0. The molecule has 2 fully saturated rings. The predicted molar refractivity (Wildman–Crippen MR) is 128 cm³/mol. The number of piperidine rings is 1. The summed E-state index contributed by atoms with van der Waals surface area (Å²) in [6.45, 7) is 5.91. The second kappa shape index (κ2) is 7.99. The first kappa shape index (κ1) is 21.4. The molecule has 10 heteroatoms. The fourth-order valence-corrected chi connectivity index (χ4v) is 5.91. The number of fused-ring (bicyclic) bond motifs is 2. The van der Waals surface area contributed by atoms with Crippen molar-refractivity contribution in [3.8, 4) is 0 Å². The summed E-state index contributed by atoms with van der Waals surface area (Å²) in [5.74, 6) is 1.20. The Morgan fingerprint density at radius 2 is 2.06 bits per heavy atom. The Morgan fingerprint density at radius 3 is 2.79 bits per heavy atom. The van der Waals surface area contributed by atoms with E-state index in [1.54, 1.807) is 6.20 Å². The molecule has 6 heterocycles. The molecule has 6 rings (SSSR count). The van der Waals surface area contributed by atoms with Gasteiger partial charge in [-0.3, -0.25) is 14.8 Å². The van der Waals surface area contributed by atoms with E-state index in [9.17, 15) is 4.79 Å². The second-order valence-electron chi connectivity index (χ2n) is 9.83. The summed E-state index contributed by atoms with van der Waals surface area (Å²) in [4.78, 5) is 35.0. The van der Waals surface area contributed by atoms with E-state index in [0.717, 1.165) is 86.2 Å². The molecule has 2 aromatic heterocycles. The van der Waals surface area contributed by atoms with Gasteiger partial charge in [0.25, 0.3) is 5.91 Å². The number of nitrogens with two attached hydrogens (primary N) is 2. The molecule has 4 aliphatic heterocycles. The molecule has 0 unspecified atom stereocenters. The number of pyridine rings is 1. The lowest BCUT2D eigenvalue weighted by molar-refractivity contribution is 0.0973. The van der Waals surface area contributed by atoms with Crippen molar-refractivity contribution in [2.45, 2.75) is 51.3 Å². The van der Waals surface area contributed by atoms with Gasteiger partial charge in [0.15, 0.2) is 5.84 Å². The number of hydrogen-bond acceptors (Lipinski definition) is 9. The largest absolute Gasteiger partial charge is 0.376 e. The Labute approximate surface area is 198 Å². The lowest BCUT2D eigenvalue weighted by Gasteiger charge is -2.41. The van der Waals surface area contributed by atoms with E-state index in [-0.39, 0.29) is 17.6 Å². The summed E-state index contributed by atoms with van der Waals surface area (Å²) in [6, 6.07) is 2.01. The summed E-state index contributed by atoms with van der Waals surface area (Å²) in [7, 11) is 0. The van der Waals surface area contributed by atoms with Crippen molar-refractivity contribution in [3.05, 3.63) is 41.1 Å². The van der Waals surface area contributed by atoms with Gasteiger partial charge in [-0.15, -0.1) is 0 Å². The van der Waals surface area contributed by atoms with Crippen LogP contribution in [0, 0.1) is 5.41 Å². The van der Waals surface area contributed by atoms with E-state index in [1.165, 1.54) is 0 Å². The molecular weight excluding hydrogens is 432 g/mol. The van der Waals surface area contributed by atoms with Gasteiger partial charge < -0.3 is 26.0 Å². The fourth-order valence-electron chi connectivity index (χ4n) is 5.91. The average Bonchev–Trinajstić information content (AvgIpc) is 3.40. The maximum atomic E-state index is 11.9. The van der Waals surface area contributed by atoms with E-state index in [1.807, 2.05) is 12.3 Å². The first-order chi connectivity index (χ1) is 16.5. The Morgan fingerprint density at radius 1 is 1.24 bits per heavy atom. The van der Waals surface area contributed by atoms with Gasteiger partial charge >= 0.3 is 0 Å². The monoisotopic (exact) mass is 462 g/mol. The van der Waals surface area contributed by atoms with Crippen LogP contribution in [0.4, 0.5) is 11.5 Å². The van der Waals surface area contributed by atoms with Gasteiger partial charge in [0.05, 0.1) is 31.1 Å². The van der Waals surface area contributed by atoms with Crippen LogP contribution in [0.25, 0.3) is 0 Å². The van der Waals surface area contributed by atoms with Gasteiger partial charge in [-0.1, -0.05) is 0 Å². The van der Waals surface area contributed by atoms with Gasteiger partial charge in [0, 0.05) is 48.5 Å². The van der Waals surface area contributed by atoms with Crippen LogP contribution in [0.15, 0.2) is 23.5 Å². The number of primary amides is 1. The van der Waals surface area contributed by atoms with Crippen LogP contribution in [0.3, 0.4) is 0 Å². The zero-order valence-electron chi connectivity index (χ0n) is 19.4. The number of ether oxygens (including phenoxy) is 1. The van der Waals surface area contributed by atoms with Gasteiger partial charge in [0.2, 0.25) is 0 Å². The van der Waals surface area contributed by atoms with Gasteiger partial charge in [-0.05, 0) is 38.7 Å². The molecule has 1 amide bonds. The number of rotatable bonds is 2.